The van der Waals surface area contributed by atoms with Crippen molar-refractivity contribution in [2.24, 2.45) is 0 Å². The van der Waals surface area contributed by atoms with Gasteiger partial charge in [0.05, 0.1) is 7.11 Å². The van der Waals surface area contributed by atoms with E-state index >= 15 is 0 Å². The molecule has 0 amide bonds. The minimum atomic E-state index is -0.394. The average Bonchev–Trinajstić information content (AvgIpc) is 2.48. The van der Waals surface area contributed by atoms with Crippen molar-refractivity contribution in [2.45, 2.75) is 0 Å². The second-order valence-electron chi connectivity index (χ2n) is 3.61. The fourth-order valence-electron chi connectivity index (χ4n) is 1.42. The molecule has 0 unspecified atom stereocenters. The summed E-state index contributed by atoms with van der Waals surface area (Å²) in [5, 5.41) is 9.56. The first-order chi connectivity index (χ1) is 9.19. The topological polar surface area (TPSA) is 46.5 Å². The van der Waals surface area contributed by atoms with Crippen LogP contribution in [0.25, 0.3) is 11.1 Å². The van der Waals surface area contributed by atoms with Crippen LogP contribution in [-0.4, -0.2) is 18.2 Å². The number of para-hydroxylation sites is 1. The standard InChI is InChI=1S/C12H10O.C4H6O2/c13-12-9-5-4-8-11(12)10-6-2-1-3-7-10;1-3-4(5)6-2/h1-9,13H;3H,1H2,2H3. The number of phenols is 1. The van der Waals surface area contributed by atoms with Crippen LogP contribution >= 0.6 is 0 Å². The molecule has 0 fully saturated rings. The van der Waals surface area contributed by atoms with Crippen LogP contribution in [0.15, 0.2) is 67.3 Å². The molecule has 3 nitrogen and oxygen atoms in total. The number of methoxy groups -OCH3 is 1. The van der Waals surface area contributed by atoms with Crippen molar-refractivity contribution in [1.29, 1.82) is 0 Å². The van der Waals surface area contributed by atoms with Gasteiger partial charge in [0.2, 0.25) is 0 Å². The van der Waals surface area contributed by atoms with E-state index in [0.29, 0.717) is 5.75 Å². The van der Waals surface area contributed by atoms with Crippen LogP contribution in [0.4, 0.5) is 0 Å². The number of hydrogen-bond acceptors (Lipinski definition) is 3. The fraction of sp³-hybridized carbons (Fsp3) is 0.0625. The monoisotopic (exact) mass is 256 g/mol. The second kappa shape index (κ2) is 7.71. The van der Waals surface area contributed by atoms with Gasteiger partial charge in [-0.2, -0.15) is 0 Å². The van der Waals surface area contributed by atoms with Crippen molar-refractivity contribution in [3.05, 3.63) is 67.3 Å². The molecular formula is C16H16O3. The number of benzene rings is 2. The Kier molecular flexibility index (Phi) is 5.89. The van der Waals surface area contributed by atoms with Crippen molar-refractivity contribution in [2.75, 3.05) is 7.11 Å². The number of phenolic OH excluding ortho intramolecular Hbond substituents is 1. The molecule has 0 spiro atoms. The molecule has 0 saturated carbocycles. The van der Waals surface area contributed by atoms with Crippen molar-refractivity contribution in [1.82, 2.24) is 0 Å². The van der Waals surface area contributed by atoms with Gasteiger partial charge >= 0.3 is 5.97 Å². The molecule has 0 aromatic heterocycles. The molecule has 2 aromatic carbocycles. The first-order valence-electron chi connectivity index (χ1n) is 5.73. The van der Waals surface area contributed by atoms with Crippen LogP contribution < -0.4 is 0 Å². The van der Waals surface area contributed by atoms with E-state index in [-0.39, 0.29) is 0 Å². The first kappa shape index (κ1) is 14.5. The Bertz CT molecular complexity index is 533. The highest BCUT2D eigenvalue weighted by Gasteiger charge is 2.00. The van der Waals surface area contributed by atoms with Gasteiger partial charge in [0.25, 0.3) is 0 Å². The Labute approximate surface area is 112 Å². The highest BCUT2D eigenvalue weighted by molar-refractivity contribution is 5.80. The van der Waals surface area contributed by atoms with E-state index in [1.807, 2.05) is 48.5 Å². The zero-order valence-corrected chi connectivity index (χ0v) is 10.7. The van der Waals surface area contributed by atoms with Gasteiger partial charge in [0.1, 0.15) is 5.75 Å². The predicted molar refractivity (Wildman–Crippen MR) is 75.8 cm³/mol. The fourth-order valence-corrected chi connectivity index (χ4v) is 1.42. The summed E-state index contributed by atoms with van der Waals surface area (Å²) in [5.41, 5.74) is 1.92. The van der Waals surface area contributed by atoms with Crippen LogP contribution in [-0.2, 0) is 9.53 Å². The third-order valence-corrected chi connectivity index (χ3v) is 2.36. The second-order valence-corrected chi connectivity index (χ2v) is 3.61. The number of rotatable bonds is 2. The van der Waals surface area contributed by atoms with E-state index in [9.17, 15) is 9.90 Å². The van der Waals surface area contributed by atoms with Gasteiger partial charge in [-0.15, -0.1) is 0 Å². The largest absolute Gasteiger partial charge is 0.507 e. The highest BCUT2D eigenvalue weighted by Crippen LogP contribution is 2.27. The minimum Gasteiger partial charge on any atom is -0.507 e. The van der Waals surface area contributed by atoms with E-state index < -0.39 is 5.97 Å². The molecule has 0 aliphatic heterocycles. The zero-order chi connectivity index (χ0) is 14.1. The number of carbonyl (C=O) groups is 1. The molecule has 1 N–H and O–H groups in total. The van der Waals surface area contributed by atoms with Crippen molar-refractivity contribution in [3.63, 3.8) is 0 Å². The van der Waals surface area contributed by atoms with Crippen molar-refractivity contribution < 1.29 is 14.6 Å². The third kappa shape index (κ3) is 4.68. The maximum absolute atomic E-state index is 9.84. The summed E-state index contributed by atoms with van der Waals surface area (Å²) in [6.07, 6.45) is 1.11. The number of ether oxygens (including phenoxy) is 1. The average molecular weight is 256 g/mol. The van der Waals surface area contributed by atoms with Gasteiger partial charge in [-0.3, -0.25) is 0 Å². The summed E-state index contributed by atoms with van der Waals surface area (Å²) in [6.45, 7) is 3.16. The van der Waals surface area contributed by atoms with Gasteiger partial charge in [-0.05, 0) is 11.6 Å². The maximum atomic E-state index is 9.84. The molecule has 0 aliphatic rings. The lowest BCUT2D eigenvalue weighted by Gasteiger charge is -2.02. The Hall–Kier alpha value is -2.55. The molecule has 3 heteroatoms. The van der Waals surface area contributed by atoms with Gasteiger partial charge < -0.3 is 9.84 Å². The molecule has 0 radical (unpaired) electrons. The summed E-state index contributed by atoms with van der Waals surface area (Å²) >= 11 is 0. The van der Waals surface area contributed by atoms with E-state index in [0.717, 1.165) is 17.2 Å². The van der Waals surface area contributed by atoms with Crippen LogP contribution in [0, 0.1) is 0 Å². The molecule has 2 rings (SSSR count). The molecule has 0 bridgehead atoms. The Morgan fingerprint density at radius 1 is 1.11 bits per heavy atom. The lowest BCUT2D eigenvalue weighted by molar-refractivity contribution is -0.134. The van der Waals surface area contributed by atoms with Crippen LogP contribution in [0.3, 0.4) is 0 Å². The molecule has 0 aliphatic carbocycles. The summed E-state index contributed by atoms with van der Waals surface area (Å²) in [6, 6.07) is 17.2. The molecular weight excluding hydrogens is 240 g/mol. The minimum absolute atomic E-state index is 0.328. The summed E-state index contributed by atoms with van der Waals surface area (Å²) < 4.78 is 4.14. The zero-order valence-electron chi connectivity index (χ0n) is 10.7. The maximum Gasteiger partial charge on any atom is 0.329 e. The lowest BCUT2D eigenvalue weighted by atomic mass is 10.1. The summed E-state index contributed by atoms with van der Waals surface area (Å²) in [5.74, 6) is -0.0660. The van der Waals surface area contributed by atoms with Crippen molar-refractivity contribution in [3.8, 4) is 16.9 Å². The Morgan fingerprint density at radius 2 is 1.68 bits per heavy atom. The van der Waals surface area contributed by atoms with E-state index in [1.165, 1.54) is 7.11 Å². The Balaban J connectivity index is 0.000000258. The van der Waals surface area contributed by atoms with Crippen molar-refractivity contribution >= 4 is 5.97 Å². The SMILES string of the molecule is C=CC(=O)OC.Oc1ccccc1-c1ccccc1. The van der Waals surface area contributed by atoms with Gasteiger partial charge in [0, 0.05) is 11.6 Å². The molecule has 0 atom stereocenters. The predicted octanol–water partition coefficient (Wildman–Crippen LogP) is 3.40. The molecule has 0 saturated heterocycles. The van der Waals surface area contributed by atoms with E-state index in [4.69, 9.17) is 0 Å². The lowest BCUT2D eigenvalue weighted by Crippen LogP contribution is -1.91. The summed E-state index contributed by atoms with van der Waals surface area (Å²) in [4.78, 5) is 9.84. The van der Waals surface area contributed by atoms with Gasteiger partial charge in [-0.1, -0.05) is 55.1 Å². The number of esters is 1. The van der Waals surface area contributed by atoms with Crippen LogP contribution in [0.1, 0.15) is 0 Å². The molecule has 19 heavy (non-hydrogen) atoms. The van der Waals surface area contributed by atoms with E-state index in [2.05, 4.69) is 11.3 Å². The summed E-state index contributed by atoms with van der Waals surface area (Å²) in [7, 11) is 1.31. The third-order valence-electron chi connectivity index (χ3n) is 2.36. The first-order valence-corrected chi connectivity index (χ1v) is 5.73. The quantitative estimate of drug-likeness (QED) is 0.661. The number of hydrogen-bond donors (Lipinski definition) is 1. The molecule has 0 heterocycles. The van der Waals surface area contributed by atoms with E-state index in [1.54, 1.807) is 6.07 Å². The molecule has 98 valence electrons. The normalized spacial score (nSPS) is 8.89. The number of carbonyl (C=O) groups excluding carboxylic acids is 1. The molecule has 2 aromatic rings. The Morgan fingerprint density at radius 3 is 2.16 bits per heavy atom. The number of aromatic hydroxyl groups is 1. The van der Waals surface area contributed by atoms with Gasteiger partial charge in [-0.25, -0.2) is 4.79 Å². The van der Waals surface area contributed by atoms with Crippen LogP contribution in [0.5, 0.6) is 5.75 Å². The van der Waals surface area contributed by atoms with Crippen LogP contribution in [0.2, 0.25) is 0 Å². The highest BCUT2D eigenvalue weighted by atomic mass is 16.5. The smallest absolute Gasteiger partial charge is 0.329 e. The van der Waals surface area contributed by atoms with Gasteiger partial charge in [0.15, 0.2) is 0 Å².